The maximum absolute atomic E-state index is 4.26. The Bertz CT molecular complexity index is 326. The highest BCUT2D eigenvalue weighted by Gasteiger charge is 2.18. The van der Waals surface area contributed by atoms with E-state index in [0.717, 1.165) is 17.7 Å². The van der Waals surface area contributed by atoms with Crippen molar-refractivity contribution in [2.45, 2.75) is 25.4 Å². The summed E-state index contributed by atoms with van der Waals surface area (Å²) >= 11 is 3.36. The molecule has 1 aromatic rings. The predicted molar refractivity (Wildman–Crippen MR) is 69.3 cm³/mol. The van der Waals surface area contributed by atoms with Crippen LogP contribution in [0.15, 0.2) is 22.9 Å². The lowest BCUT2D eigenvalue weighted by molar-refractivity contribution is 0.188. The van der Waals surface area contributed by atoms with Gasteiger partial charge in [-0.25, -0.2) is 4.98 Å². The Morgan fingerprint density at radius 3 is 3.12 bits per heavy atom. The lowest BCUT2D eigenvalue weighted by atomic mass is 10.1. The summed E-state index contributed by atoms with van der Waals surface area (Å²) in [6.07, 6.45) is 4.54. The van der Waals surface area contributed by atoms with E-state index < -0.39 is 0 Å². The highest BCUT2D eigenvalue weighted by Crippen LogP contribution is 2.14. The fraction of sp³-hybridized carbons (Fsp3) is 0.583. The molecule has 4 heteroatoms. The van der Waals surface area contributed by atoms with E-state index in [1.54, 1.807) is 0 Å². The van der Waals surface area contributed by atoms with Crippen LogP contribution in [0.5, 0.6) is 0 Å². The molecule has 1 atom stereocenters. The molecule has 0 bridgehead atoms. The quantitative estimate of drug-likeness (QED) is 0.861. The van der Waals surface area contributed by atoms with Crippen molar-refractivity contribution in [2.75, 3.05) is 20.1 Å². The lowest BCUT2D eigenvalue weighted by Crippen LogP contribution is -2.43. The average Bonchev–Trinajstić information content (AvgIpc) is 2.32. The number of nitrogens with one attached hydrogen (secondary N) is 1. The highest BCUT2D eigenvalue weighted by atomic mass is 79.9. The second kappa shape index (κ2) is 5.75. The molecule has 0 aromatic carbocycles. The van der Waals surface area contributed by atoms with Gasteiger partial charge in [-0.1, -0.05) is 6.07 Å². The number of nitrogens with zero attached hydrogens (tertiary/aromatic N) is 2. The number of hydrogen-bond acceptors (Lipinski definition) is 3. The van der Waals surface area contributed by atoms with Crippen LogP contribution in [0.2, 0.25) is 0 Å². The normalized spacial score (nSPS) is 22.2. The number of likely N-dealkylation sites (tertiary alicyclic amines) is 1. The first-order chi connectivity index (χ1) is 7.78. The number of likely N-dealkylation sites (N-methyl/N-ethyl adjacent to an activating group) is 1. The molecule has 1 aliphatic rings. The predicted octanol–water partition coefficient (Wildman–Crippen LogP) is 2.03. The molecular formula is C12H18BrN3. The van der Waals surface area contributed by atoms with Crippen LogP contribution >= 0.6 is 15.9 Å². The summed E-state index contributed by atoms with van der Waals surface area (Å²) in [6.45, 7) is 3.36. The van der Waals surface area contributed by atoms with Crippen molar-refractivity contribution in [1.29, 1.82) is 0 Å². The van der Waals surface area contributed by atoms with Gasteiger partial charge in [-0.3, -0.25) is 4.90 Å². The molecule has 88 valence electrons. The minimum atomic E-state index is 0.650. The number of aromatic nitrogens is 1. The van der Waals surface area contributed by atoms with Crippen LogP contribution in [0.4, 0.5) is 0 Å². The minimum Gasteiger partial charge on any atom is -0.316 e. The first-order valence-electron chi connectivity index (χ1n) is 5.78. The van der Waals surface area contributed by atoms with Gasteiger partial charge in [-0.2, -0.15) is 0 Å². The van der Waals surface area contributed by atoms with Gasteiger partial charge in [-0.15, -0.1) is 0 Å². The lowest BCUT2D eigenvalue weighted by Gasteiger charge is -2.32. The average molecular weight is 284 g/mol. The van der Waals surface area contributed by atoms with Crippen molar-refractivity contribution in [3.63, 3.8) is 0 Å². The zero-order chi connectivity index (χ0) is 11.4. The topological polar surface area (TPSA) is 28.2 Å². The van der Waals surface area contributed by atoms with Crippen molar-refractivity contribution in [3.05, 3.63) is 28.5 Å². The fourth-order valence-corrected chi connectivity index (χ4v) is 2.43. The third-order valence-corrected chi connectivity index (χ3v) is 3.58. The van der Waals surface area contributed by atoms with Gasteiger partial charge in [0, 0.05) is 25.3 Å². The zero-order valence-corrected chi connectivity index (χ0v) is 11.2. The van der Waals surface area contributed by atoms with Crippen LogP contribution in [0.3, 0.4) is 0 Å². The van der Waals surface area contributed by atoms with Crippen molar-refractivity contribution in [2.24, 2.45) is 0 Å². The third kappa shape index (κ3) is 3.27. The van der Waals surface area contributed by atoms with E-state index in [4.69, 9.17) is 0 Å². The van der Waals surface area contributed by atoms with Gasteiger partial charge in [0.15, 0.2) is 0 Å². The summed E-state index contributed by atoms with van der Waals surface area (Å²) in [5.74, 6) is 0. The van der Waals surface area contributed by atoms with Crippen LogP contribution in [0.25, 0.3) is 0 Å². The summed E-state index contributed by atoms with van der Waals surface area (Å²) in [5, 5.41) is 3.36. The van der Waals surface area contributed by atoms with Gasteiger partial charge in [0.05, 0.1) is 0 Å². The number of piperidine rings is 1. The molecule has 16 heavy (non-hydrogen) atoms. The summed E-state index contributed by atoms with van der Waals surface area (Å²) in [7, 11) is 2.05. The number of rotatable bonds is 3. The van der Waals surface area contributed by atoms with Gasteiger partial charge < -0.3 is 5.32 Å². The molecule has 2 heterocycles. The van der Waals surface area contributed by atoms with Crippen LogP contribution in [0, 0.1) is 0 Å². The Morgan fingerprint density at radius 1 is 1.56 bits per heavy atom. The Labute approximate surface area is 105 Å². The molecule has 0 radical (unpaired) electrons. The Kier molecular flexibility index (Phi) is 4.32. The van der Waals surface area contributed by atoms with Gasteiger partial charge in [-0.05, 0) is 54.0 Å². The molecule has 1 N–H and O–H groups in total. The molecule has 1 aliphatic heterocycles. The third-order valence-electron chi connectivity index (χ3n) is 3.11. The smallest absolute Gasteiger partial charge is 0.106 e. The molecule has 1 fully saturated rings. The van der Waals surface area contributed by atoms with E-state index in [0.29, 0.717) is 6.04 Å². The molecule has 0 aliphatic carbocycles. The minimum absolute atomic E-state index is 0.650. The summed E-state index contributed by atoms with van der Waals surface area (Å²) in [5.41, 5.74) is 1.29. The largest absolute Gasteiger partial charge is 0.316 e. The van der Waals surface area contributed by atoms with Crippen molar-refractivity contribution < 1.29 is 0 Å². The Hall–Kier alpha value is -0.450. The summed E-state index contributed by atoms with van der Waals surface area (Å²) in [6, 6.07) is 4.80. The number of hydrogen-bond donors (Lipinski definition) is 1. The Balaban J connectivity index is 1.91. The van der Waals surface area contributed by atoms with Crippen molar-refractivity contribution in [1.82, 2.24) is 15.2 Å². The van der Waals surface area contributed by atoms with Gasteiger partial charge in [0.25, 0.3) is 0 Å². The molecule has 2 rings (SSSR count). The van der Waals surface area contributed by atoms with E-state index in [1.807, 2.05) is 12.3 Å². The van der Waals surface area contributed by atoms with Gasteiger partial charge in [0.1, 0.15) is 4.60 Å². The summed E-state index contributed by atoms with van der Waals surface area (Å²) in [4.78, 5) is 6.75. The monoisotopic (exact) mass is 283 g/mol. The first-order valence-corrected chi connectivity index (χ1v) is 6.57. The second-order valence-corrected chi connectivity index (χ2v) is 5.16. The SMILES string of the molecule is CN[C@@H]1CCCN(Cc2ccc(Br)nc2)C1. The van der Waals surface area contributed by atoms with E-state index >= 15 is 0 Å². The molecule has 0 unspecified atom stereocenters. The molecule has 3 nitrogen and oxygen atoms in total. The Morgan fingerprint density at radius 2 is 2.44 bits per heavy atom. The van der Waals surface area contributed by atoms with Crippen molar-refractivity contribution in [3.8, 4) is 0 Å². The van der Waals surface area contributed by atoms with E-state index in [1.165, 1.54) is 24.9 Å². The molecule has 0 saturated carbocycles. The molecule has 0 amide bonds. The standard InChI is InChI=1S/C12H18BrN3/c1-14-11-3-2-6-16(9-11)8-10-4-5-12(13)15-7-10/h4-5,7,11,14H,2-3,6,8-9H2,1H3/t11-/m1/s1. The maximum atomic E-state index is 4.26. The number of pyridine rings is 1. The van der Waals surface area contributed by atoms with Crippen LogP contribution in [-0.2, 0) is 6.54 Å². The van der Waals surface area contributed by atoms with Crippen molar-refractivity contribution >= 4 is 15.9 Å². The summed E-state index contributed by atoms with van der Waals surface area (Å²) < 4.78 is 0.906. The van der Waals surface area contributed by atoms with Crippen LogP contribution < -0.4 is 5.32 Å². The second-order valence-electron chi connectivity index (χ2n) is 4.35. The molecule has 1 aromatic heterocycles. The van der Waals surface area contributed by atoms with Gasteiger partial charge >= 0.3 is 0 Å². The first kappa shape index (κ1) is 12.0. The van der Waals surface area contributed by atoms with E-state index in [2.05, 4.69) is 44.2 Å². The van der Waals surface area contributed by atoms with Gasteiger partial charge in [0.2, 0.25) is 0 Å². The fourth-order valence-electron chi connectivity index (χ4n) is 2.19. The zero-order valence-electron chi connectivity index (χ0n) is 9.62. The molecule has 1 saturated heterocycles. The molecular weight excluding hydrogens is 266 g/mol. The highest BCUT2D eigenvalue weighted by molar-refractivity contribution is 9.10. The van der Waals surface area contributed by atoms with Crippen LogP contribution in [-0.4, -0.2) is 36.1 Å². The van der Waals surface area contributed by atoms with E-state index in [9.17, 15) is 0 Å². The molecule has 0 spiro atoms. The number of halogens is 1. The van der Waals surface area contributed by atoms with Crippen LogP contribution in [0.1, 0.15) is 18.4 Å². The van der Waals surface area contributed by atoms with E-state index in [-0.39, 0.29) is 0 Å². The maximum Gasteiger partial charge on any atom is 0.106 e.